The molecule has 2 bridgehead atoms. The molecule has 0 amide bonds. The Hall–Kier alpha value is -1.39. The van der Waals surface area contributed by atoms with Gasteiger partial charge in [-0.2, -0.15) is 0 Å². The van der Waals surface area contributed by atoms with Gasteiger partial charge in [-0.15, -0.1) is 0 Å². The van der Waals surface area contributed by atoms with Crippen molar-refractivity contribution < 1.29 is 14.6 Å². The summed E-state index contributed by atoms with van der Waals surface area (Å²) in [7, 11) is 2.16. The number of esters is 1. The monoisotopic (exact) mass is 289 g/mol. The lowest BCUT2D eigenvalue weighted by molar-refractivity contribution is -0.162. The van der Waals surface area contributed by atoms with E-state index in [0.717, 1.165) is 18.4 Å². The molecule has 4 nitrogen and oxygen atoms in total. The van der Waals surface area contributed by atoms with Crippen LogP contribution in [0.3, 0.4) is 0 Å². The number of rotatable bonds is 4. The number of carbonyl (C=O) groups is 1. The number of nitrogens with zero attached hydrogens (tertiary/aromatic N) is 1. The summed E-state index contributed by atoms with van der Waals surface area (Å²) in [6.45, 7) is 0. The van der Waals surface area contributed by atoms with Gasteiger partial charge in [0.05, 0.1) is 0 Å². The van der Waals surface area contributed by atoms with Crippen LogP contribution < -0.4 is 0 Å². The van der Waals surface area contributed by atoms with Gasteiger partial charge in [-0.3, -0.25) is 0 Å². The van der Waals surface area contributed by atoms with Crippen LogP contribution in [0, 0.1) is 0 Å². The Kier molecular flexibility index (Phi) is 4.27. The Balaban J connectivity index is 1.52. The molecule has 21 heavy (non-hydrogen) atoms. The zero-order chi connectivity index (χ0) is 14.8. The topological polar surface area (TPSA) is 49.8 Å². The first-order valence-electron chi connectivity index (χ1n) is 7.78. The maximum Gasteiger partial charge on any atom is 0.335 e. The average Bonchev–Trinajstić information content (AvgIpc) is 2.71. The van der Waals surface area contributed by atoms with Crippen molar-refractivity contribution in [1.29, 1.82) is 0 Å². The number of hydrogen-bond donors (Lipinski definition) is 1. The quantitative estimate of drug-likeness (QED) is 0.858. The van der Waals surface area contributed by atoms with Crippen LogP contribution in [-0.4, -0.2) is 47.3 Å². The van der Waals surface area contributed by atoms with Gasteiger partial charge in [-0.25, -0.2) is 4.79 Å². The predicted molar refractivity (Wildman–Crippen MR) is 79.8 cm³/mol. The lowest BCUT2D eigenvalue weighted by atomic mass is 10.0. The highest BCUT2D eigenvalue weighted by atomic mass is 16.6. The number of fused-ring (bicyclic) bond motifs is 2. The zero-order valence-electron chi connectivity index (χ0n) is 12.4. The minimum Gasteiger partial charge on any atom is -0.460 e. The largest absolute Gasteiger partial charge is 0.460 e. The highest BCUT2D eigenvalue weighted by Crippen LogP contribution is 2.35. The number of ether oxygens (including phenoxy) is 1. The van der Waals surface area contributed by atoms with E-state index in [1.165, 1.54) is 12.8 Å². The Bertz CT molecular complexity index is 476. The van der Waals surface area contributed by atoms with Gasteiger partial charge in [0.25, 0.3) is 0 Å². The molecule has 2 unspecified atom stereocenters. The molecule has 114 valence electrons. The van der Waals surface area contributed by atoms with Crippen molar-refractivity contribution in [2.45, 2.75) is 56.4 Å². The standard InChI is InChI=1S/C17H23NO3/c1-18-13-7-8-14(18)11-15(10-13)21-17(20)16(19)9-12-5-3-2-4-6-12/h2-6,13-16,19H,7-11H2,1H3/t13?,14?,15?,16-/m1/s1. The maximum absolute atomic E-state index is 12.0. The average molecular weight is 289 g/mol. The van der Waals surface area contributed by atoms with Crippen molar-refractivity contribution in [3.63, 3.8) is 0 Å². The summed E-state index contributed by atoms with van der Waals surface area (Å²) in [4.78, 5) is 14.5. The number of benzene rings is 1. The Morgan fingerprint density at radius 3 is 2.52 bits per heavy atom. The predicted octanol–water partition coefficient (Wildman–Crippen LogP) is 1.76. The van der Waals surface area contributed by atoms with Crippen LogP contribution in [0.4, 0.5) is 0 Å². The Labute approximate surface area is 125 Å². The highest BCUT2D eigenvalue weighted by molar-refractivity contribution is 5.75. The molecule has 4 heteroatoms. The third-order valence-corrected chi connectivity index (χ3v) is 4.88. The molecule has 1 N–H and O–H groups in total. The van der Waals surface area contributed by atoms with Gasteiger partial charge >= 0.3 is 5.97 Å². The van der Waals surface area contributed by atoms with Crippen molar-refractivity contribution in [3.05, 3.63) is 35.9 Å². The minimum atomic E-state index is -1.07. The molecule has 1 aromatic carbocycles. The van der Waals surface area contributed by atoms with Crippen LogP contribution in [0.1, 0.15) is 31.2 Å². The van der Waals surface area contributed by atoms with E-state index in [1.807, 2.05) is 30.3 Å². The van der Waals surface area contributed by atoms with Crippen molar-refractivity contribution in [2.24, 2.45) is 0 Å². The summed E-state index contributed by atoms with van der Waals surface area (Å²) < 4.78 is 5.54. The van der Waals surface area contributed by atoms with E-state index in [1.54, 1.807) is 0 Å². The van der Waals surface area contributed by atoms with Crippen LogP contribution in [0.2, 0.25) is 0 Å². The third kappa shape index (κ3) is 3.27. The van der Waals surface area contributed by atoms with E-state index in [4.69, 9.17) is 4.74 Å². The lowest BCUT2D eigenvalue weighted by Crippen LogP contribution is -2.44. The molecule has 0 saturated carbocycles. The van der Waals surface area contributed by atoms with Crippen LogP contribution in [0.15, 0.2) is 30.3 Å². The van der Waals surface area contributed by atoms with E-state index in [9.17, 15) is 9.90 Å². The van der Waals surface area contributed by atoms with E-state index < -0.39 is 12.1 Å². The molecule has 0 aromatic heterocycles. The molecule has 2 aliphatic rings. The van der Waals surface area contributed by atoms with Crippen LogP contribution in [0.5, 0.6) is 0 Å². The molecule has 3 atom stereocenters. The Morgan fingerprint density at radius 2 is 1.90 bits per heavy atom. The number of aliphatic hydroxyl groups excluding tert-OH is 1. The second-order valence-corrected chi connectivity index (χ2v) is 6.29. The molecule has 3 rings (SSSR count). The summed E-state index contributed by atoms with van der Waals surface area (Å²) >= 11 is 0. The Morgan fingerprint density at radius 1 is 1.29 bits per heavy atom. The molecule has 2 fully saturated rings. The van der Waals surface area contributed by atoms with Gasteiger partial charge in [0.15, 0.2) is 6.10 Å². The second kappa shape index (κ2) is 6.16. The van der Waals surface area contributed by atoms with Crippen molar-refractivity contribution in [3.8, 4) is 0 Å². The summed E-state index contributed by atoms with van der Waals surface area (Å²) in [6, 6.07) is 10.6. The van der Waals surface area contributed by atoms with Gasteiger partial charge in [0.1, 0.15) is 6.10 Å². The molecule has 0 radical (unpaired) electrons. The molecular weight excluding hydrogens is 266 g/mol. The minimum absolute atomic E-state index is 0.0309. The third-order valence-electron chi connectivity index (χ3n) is 4.88. The molecule has 0 spiro atoms. The van der Waals surface area contributed by atoms with Gasteiger partial charge in [0.2, 0.25) is 0 Å². The van der Waals surface area contributed by atoms with Gasteiger partial charge in [0, 0.05) is 18.5 Å². The second-order valence-electron chi connectivity index (χ2n) is 6.29. The molecule has 2 heterocycles. The van der Waals surface area contributed by atoms with E-state index >= 15 is 0 Å². The molecule has 0 aliphatic carbocycles. The summed E-state index contributed by atoms with van der Waals surface area (Å²) in [5.41, 5.74) is 0.949. The lowest BCUT2D eigenvalue weighted by Gasteiger charge is -2.36. The smallest absolute Gasteiger partial charge is 0.335 e. The summed E-state index contributed by atoms with van der Waals surface area (Å²) in [5, 5.41) is 10.0. The maximum atomic E-state index is 12.0. The molecular formula is C17H23NO3. The fourth-order valence-electron chi connectivity index (χ4n) is 3.62. The fraction of sp³-hybridized carbons (Fsp3) is 0.588. The van der Waals surface area contributed by atoms with Crippen LogP contribution in [0.25, 0.3) is 0 Å². The van der Waals surface area contributed by atoms with E-state index in [-0.39, 0.29) is 6.10 Å². The molecule has 2 saturated heterocycles. The van der Waals surface area contributed by atoms with Crippen molar-refractivity contribution >= 4 is 5.97 Å². The van der Waals surface area contributed by atoms with E-state index in [0.29, 0.717) is 18.5 Å². The van der Waals surface area contributed by atoms with Crippen molar-refractivity contribution in [1.82, 2.24) is 4.90 Å². The highest BCUT2D eigenvalue weighted by Gasteiger charge is 2.40. The first-order chi connectivity index (χ1) is 10.1. The normalized spacial score (nSPS) is 30.1. The molecule has 1 aromatic rings. The molecule has 2 aliphatic heterocycles. The fourth-order valence-corrected chi connectivity index (χ4v) is 3.62. The van der Waals surface area contributed by atoms with Crippen molar-refractivity contribution in [2.75, 3.05) is 7.05 Å². The van der Waals surface area contributed by atoms with Gasteiger partial charge < -0.3 is 14.7 Å². The number of carbonyl (C=O) groups excluding carboxylic acids is 1. The first-order valence-corrected chi connectivity index (χ1v) is 7.78. The SMILES string of the molecule is CN1C2CCC1CC(OC(=O)[C@H](O)Cc1ccccc1)C2. The zero-order valence-corrected chi connectivity index (χ0v) is 12.4. The van der Waals surface area contributed by atoms with Gasteiger partial charge in [-0.05, 0) is 38.3 Å². The summed E-state index contributed by atoms with van der Waals surface area (Å²) in [6.07, 6.45) is 3.41. The summed E-state index contributed by atoms with van der Waals surface area (Å²) in [5.74, 6) is -0.479. The first kappa shape index (κ1) is 14.5. The van der Waals surface area contributed by atoms with Crippen LogP contribution in [-0.2, 0) is 16.0 Å². The van der Waals surface area contributed by atoms with E-state index in [2.05, 4.69) is 11.9 Å². The number of hydrogen-bond acceptors (Lipinski definition) is 4. The van der Waals surface area contributed by atoms with Crippen LogP contribution >= 0.6 is 0 Å². The number of aliphatic hydroxyl groups is 1. The number of piperidine rings is 1. The van der Waals surface area contributed by atoms with Gasteiger partial charge in [-0.1, -0.05) is 30.3 Å².